The van der Waals surface area contributed by atoms with Gasteiger partial charge in [-0.05, 0) is 30.3 Å². The summed E-state index contributed by atoms with van der Waals surface area (Å²) in [6.07, 6.45) is 1.21. The maximum Gasteiger partial charge on any atom is 0.341 e. The zero-order chi connectivity index (χ0) is 22.1. The van der Waals surface area contributed by atoms with Crippen molar-refractivity contribution in [1.82, 2.24) is 5.01 Å². The number of carboxylic acids is 1. The van der Waals surface area contributed by atoms with E-state index in [-0.39, 0.29) is 33.3 Å². The molecule has 0 aliphatic carbocycles. The first-order valence-electron chi connectivity index (χ1n) is 8.95. The maximum absolute atomic E-state index is 12.9. The van der Waals surface area contributed by atoms with Gasteiger partial charge in [-0.2, -0.15) is 10.1 Å². The van der Waals surface area contributed by atoms with Crippen molar-refractivity contribution >= 4 is 40.5 Å². The van der Waals surface area contributed by atoms with Crippen LogP contribution in [0.1, 0.15) is 26.3 Å². The van der Waals surface area contributed by atoms with Gasteiger partial charge in [-0.1, -0.05) is 18.2 Å². The smallest absolute Gasteiger partial charge is 0.341 e. The number of imide groups is 1. The minimum atomic E-state index is -1.16. The Labute approximate surface area is 174 Å². The van der Waals surface area contributed by atoms with E-state index < -0.39 is 29.3 Å². The quantitative estimate of drug-likeness (QED) is 0.280. The number of carbonyl (C=O) groups is 3. The van der Waals surface area contributed by atoms with Gasteiger partial charge in [-0.3, -0.25) is 19.7 Å². The van der Waals surface area contributed by atoms with Gasteiger partial charge in [0, 0.05) is 17.0 Å². The number of hydrogen-bond acceptors (Lipinski definition) is 7. The molecule has 0 saturated carbocycles. The number of non-ortho nitro benzene ring substituents is 1. The van der Waals surface area contributed by atoms with Crippen molar-refractivity contribution in [2.75, 3.05) is 6.61 Å². The number of ether oxygens (including phenoxy) is 1. The number of para-hydroxylation sites is 1. The zero-order valence-corrected chi connectivity index (χ0v) is 15.7. The molecule has 0 radical (unpaired) electrons. The summed E-state index contributed by atoms with van der Waals surface area (Å²) in [5.41, 5.74) is 0.381. The Bertz CT molecular complexity index is 1280. The van der Waals surface area contributed by atoms with Crippen LogP contribution < -0.4 is 4.74 Å². The Kier molecular flexibility index (Phi) is 4.88. The molecule has 154 valence electrons. The van der Waals surface area contributed by atoms with Crippen molar-refractivity contribution in [1.29, 1.82) is 0 Å². The molecule has 2 amide bonds. The highest BCUT2D eigenvalue weighted by Gasteiger charge is 2.34. The van der Waals surface area contributed by atoms with Gasteiger partial charge in [0.15, 0.2) is 6.61 Å². The summed E-state index contributed by atoms with van der Waals surface area (Å²) in [7, 11) is 0. The van der Waals surface area contributed by atoms with E-state index in [1.54, 1.807) is 18.2 Å². The Hall–Kier alpha value is -4.60. The molecule has 10 heteroatoms. The molecule has 4 rings (SSSR count). The fraction of sp³-hybridized carbons (Fsp3) is 0.0476. The van der Waals surface area contributed by atoms with E-state index in [1.807, 2.05) is 0 Å². The monoisotopic (exact) mass is 419 g/mol. The summed E-state index contributed by atoms with van der Waals surface area (Å²) in [6.45, 7) is -0.569. The van der Waals surface area contributed by atoms with Crippen LogP contribution in [0.15, 0.2) is 59.7 Å². The first-order valence-corrected chi connectivity index (χ1v) is 8.95. The maximum atomic E-state index is 12.9. The van der Waals surface area contributed by atoms with E-state index in [4.69, 9.17) is 9.84 Å². The summed E-state index contributed by atoms with van der Waals surface area (Å²) in [5, 5.41) is 25.2. The molecular formula is C21H13N3O7. The van der Waals surface area contributed by atoms with Gasteiger partial charge in [-0.15, -0.1) is 0 Å². The van der Waals surface area contributed by atoms with Crippen LogP contribution in [0, 0.1) is 10.1 Å². The Morgan fingerprint density at radius 2 is 1.77 bits per heavy atom. The van der Waals surface area contributed by atoms with Gasteiger partial charge in [0.05, 0.1) is 27.7 Å². The third-order valence-electron chi connectivity index (χ3n) is 4.64. The number of hydrazone groups is 1. The predicted molar refractivity (Wildman–Crippen MR) is 108 cm³/mol. The molecule has 1 N–H and O–H groups in total. The average molecular weight is 419 g/mol. The highest BCUT2D eigenvalue weighted by atomic mass is 16.6. The van der Waals surface area contributed by atoms with Crippen LogP contribution in [0.3, 0.4) is 0 Å². The highest BCUT2D eigenvalue weighted by Crippen LogP contribution is 2.35. The van der Waals surface area contributed by atoms with Crippen LogP contribution >= 0.6 is 0 Å². The van der Waals surface area contributed by atoms with Gasteiger partial charge in [0.25, 0.3) is 17.5 Å². The summed E-state index contributed by atoms with van der Waals surface area (Å²) in [4.78, 5) is 47.3. The number of nitrogens with zero attached hydrogens (tertiary/aromatic N) is 3. The number of carbonyl (C=O) groups excluding carboxylic acids is 2. The topological polar surface area (TPSA) is 139 Å². The first-order chi connectivity index (χ1) is 14.9. The molecule has 0 aromatic heterocycles. The van der Waals surface area contributed by atoms with E-state index in [0.29, 0.717) is 10.6 Å². The summed E-state index contributed by atoms with van der Waals surface area (Å²) < 4.78 is 5.19. The van der Waals surface area contributed by atoms with E-state index >= 15 is 0 Å². The number of carboxylic acid groups (broad SMARTS) is 1. The standard InChI is InChI=1S/C21H13N3O7/c25-18(26)11-31-17-7-2-1-4-12(17)10-22-23-20(27)14-6-3-5-13-16(24(29)30)9-8-15(19(13)14)21(23)28/h1-10H,11H2,(H,25,26). The minimum absolute atomic E-state index is 0.114. The number of amides is 2. The van der Waals surface area contributed by atoms with Crippen LogP contribution in [0.25, 0.3) is 10.8 Å². The third-order valence-corrected chi connectivity index (χ3v) is 4.64. The van der Waals surface area contributed by atoms with Crippen molar-refractivity contribution in [2.45, 2.75) is 0 Å². The molecule has 1 aliphatic heterocycles. The van der Waals surface area contributed by atoms with Crippen LogP contribution in [-0.4, -0.2) is 45.6 Å². The van der Waals surface area contributed by atoms with E-state index in [1.165, 1.54) is 42.6 Å². The molecular weight excluding hydrogens is 406 g/mol. The number of nitro groups is 1. The Balaban J connectivity index is 1.74. The van der Waals surface area contributed by atoms with Crippen LogP contribution in [0.4, 0.5) is 5.69 Å². The predicted octanol–water partition coefficient (Wildman–Crippen LogP) is 2.84. The molecule has 3 aromatic rings. The summed E-state index contributed by atoms with van der Waals surface area (Å²) in [5.74, 6) is -2.41. The lowest BCUT2D eigenvalue weighted by Gasteiger charge is -2.23. The van der Waals surface area contributed by atoms with E-state index in [9.17, 15) is 24.5 Å². The molecule has 31 heavy (non-hydrogen) atoms. The van der Waals surface area contributed by atoms with Gasteiger partial charge < -0.3 is 9.84 Å². The van der Waals surface area contributed by atoms with Crippen LogP contribution in [-0.2, 0) is 4.79 Å². The second kappa shape index (κ2) is 7.67. The van der Waals surface area contributed by atoms with Gasteiger partial charge in [0.1, 0.15) is 5.75 Å². The zero-order valence-electron chi connectivity index (χ0n) is 15.7. The molecule has 3 aromatic carbocycles. The van der Waals surface area contributed by atoms with E-state index in [2.05, 4.69) is 5.10 Å². The fourth-order valence-corrected chi connectivity index (χ4v) is 3.31. The van der Waals surface area contributed by atoms with Crippen LogP contribution in [0.2, 0.25) is 0 Å². The van der Waals surface area contributed by atoms with Gasteiger partial charge in [0.2, 0.25) is 0 Å². The van der Waals surface area contributed by atoms with E-state index in [0.717, 1.165) is 0 Å². The second-order valence-electron chi connectivity index (χ2n) is 6.50. The first kappa shape index (κ1) is 19.7. The molecule has 0 unspecified atom stereocenters. The largest absolute Gasteiger partial charge is 0.481 e. The normalized spacial score (nSPS) is 13.1. The Morgan fingerprint density at radius 3 is 2.48 bits per heavy atom. The number of hydrogen-bond donors (Lipinski definition) is 1. The molecule has 0 spiro atoms. The molecule has 0 fully saturated rings. The number of rotatable bonds is 6. The lowest BCUT2D eigenvalue weighted by atomic mass is 9.94. The Morgan fingerprint density at radius 1 is 1.06 bits per heavy atom. The minimum Gasteiger partial charge on any atom is -0.481 e. The van der Waals surface area contributed by atoms with Gasteiger partial charge in [-0.25, -0.2) is 4.79 Å². The van der Waals surface area contributed by atoms with Gasteiger partial charge >= 0.3 is 5.97 Å². The number of nitro benzene ring substituents is 1. The van der Waals surface area contributed by atoms with Crippen molar-refractivity contribution in [3.63, 3.8) is 0 Å². The molecule has 0 bridgehead atoms. The SMILES string of the molecule is O=C(O)COc1ccccc1C=NN1C(=O)c2cccc3c([N+](=O)[O-])ccc(c23)C1=O. The molecule has 0 atom stereocenters. The highest BCUT2D eigenvalue weighted by molar-refractivity contribution is 6.26. The van der Waals surface area contributed by atoms with Crippen molar-refractivity contribution < 1.29 is 29.2 Å². The van der Waals surface area contributed by atoms with Crippen molar-refractivity contribution in [3.8, 4) is 5.75 Å². The average Bonchev–Trinajstić information content (AvgIpc) is 2.76. The molecule has 10 nitrogen and oxygen atoms in total. The third kappa shape index (κ3) is 3.46. The number of benzene rings is 3. The lowest BCUT2D eigenvalue weighted by molar-refractivity contribution is -0.383. The summed E-state index contributed by atoms with van der Waals surface area (Å²) >= 11 is 0. The fourth-order valence-electron chi connectivity index (χ4n) is 3.31. The summed E-state index contributed by atoms with van der Waals surface area (Å²) in [6, 6.07) is 13.4. The van der Waals surface area contributed by atoms with Crippen LogP contribution in [0.5, 0.6) is 5.75 Å². The lowest BCUT2D eigenvalue weighted by Crippen LogP contribution is -2.36. The number of aliphatic carboxylic acids is 1. The van der Waals surface area contributed by atoms with Crippen molar-refractivity contribution in [2.24, 2.45) is 5.10 Å². The molecule has 0 saturated heterocycles. The second-order valence-corrected chi connectivity index (χ2v) is 6.50. The molecule has 1 heterocycles. The molecule has 1 aliphatic rings. The van der Waals surface area contributed by atoms with Crippen molar-refractivity contribution in [3.05, 3.63) is 81.4 Å².